The highest BCUT2D eigenvalue weighted by molar-refractivity contribution is 6.00. The SMILES string of the molecule is CC1(C)CC(=O)c2ccc(N3CCCC3)cc2O1. The average molecular weight is 245 g/mol. The van der Waals surface area contributed by atoms with Gasteiger partial charge in [-0.05, 0) is 38.8 Å². The van der Waals surface area contributed by atoms with Gasteiger partial charge in [0.1, 0.15) is 11.4 Å². The summed E-state index contributed by atoms with van der Waals surface area (Å²) in [5, 5.41) is 0. The minimum atomic E-state index is -0.381. The number of hydrogen-bond donors (Lipinski definition) is 0. The summed E-state index contributed by atoms with van der Waals surface area (Å²) >= 11 is 0. The predicted molar refractivity (Wildman–Crippen MR) is 71.5 cm³/mol. The van der Waals surface area contributed by atoms with Crippen LogP contribution in [0.15, 0.2) is 18.2 Å². The molecule has 0 aromatic heterocycles. The van der Waals surface area contributed by atoms with Crippen LogP contribution in [0.3, 0.4) is 0 Å². The monoisotopic (exact) mass is 245 g/mol. The number of ketones is 1. The van der Waals surface area contributed by atoms with Crippen LogP contribution in [-0.2, 0) is 0 Å². The van der Waals surface area contributed by atoms with Crippen LogP contribution in [0.2, 0.25) is 0 Å². The van der Waals surface area contributed by atoms with E-state index in [-0.39, 0.29) is 11.4 Å². The van der Waals surface area contributed by atoms with E-state index in [1.165, 1.54) is 18.5 Å². The highest BCUT2D eigenvalue weighted by atomic mass is 16.5. The Morgan fingerprint density at radius 3 is 2.67 bits per heavy atom. The third kappa shape index (κ3) is 1.98. The van der Waals surface area contributed by atoms with Gasteiger partial charge in [-0.2, -0.15) is 0 Å². The number of nitrogens with zero attached hydrogens (tertiary/aromatic N) is 1. The zero-order chi connectivity index (χ0) is 12.8. The maximum atomic E-state index is 12.0. The van der Waals surface area contributed by atoms with E-state index >= 15 is 0 Å². The molecule has 3 heteroatoms. The van der Waals surface area contributed by atoms with E-state index in [9.17, 15) is 4.79 Å². The third-order valence-corrected chi connectivity index (χ3v) is 3.71. The molecule has 3 nitrogen and oxygen atoms in total. The summed E-state index contributed by atoms with van der Waals surface area (Å²) in [6.07, 6.45) is 2.97. The average Bonchev–Trinajstić information content (AvgIpc) is 2.79. The molecule has 0 amide bonds. The molecule has 0 spiro atoms. The number of carbonyl (C=O) groups excluding carboxylic acids is 1. The lowest BCUT2D eigenvalue weighted by atomic mass is 9.93. The van der Waals surface area contributed by atoms with Gasteiger partial charge in [0.25, 0.3) is 0 Å². The maximum Gasteiger partial charge on any atom is 0.170 e. The second-order valence-electron chi connectivity index (χ2n) is 5.84. The van der Waals surface area contributed by atoms with Gasteiger partial charge in [0.15, 0.2) is 5.78 Å². The van der Waals surface area contributed by atoms with Crippen molar-refractivity contribution in [3.8, 4) is 5.75 Å². The number of carbonyl (C=O) groups is 1. The Hall–Kier alpha value is -1.51. The molecule has 1 saturated heterocycles. The van der Waals surface area contributed by atoms with Crippen molar-refractivity contribution >= 4 is 11.5 Å². The van der Waals surface area contributed by atoms with Gasteiger partial charge in [-0.15, -0.1) is 0 Å². The highest BCUT2D eigenvalue weighted by Crippen LogP contribution is 2.36. The number of anilines is 1. The van der Waals surface area contributed by atoms with E-state index in [0.29, 0.717) is 6.42 Å². The molecule has 1 aromatic carbocycles. The Balaban J connectivity index is 1.96. The van der Waals surface area contributed by atoms with Crippen LogP contribution in [0, 0.1) is 0 Å². The van der Waals surface area contributed by atoms with Crippen LogP contribution in [0.5, 0.6) is 5.75 Å². The molecule has 1 fully saturated rings. The van der Waals surface area contributed by atoms with Gasteiger partial charge in [0, 0.05) is 24.8 Å². The zero-order valence-electron chi connectivity index (χ0n) is 11.0. The van der Waals surface area contributed by atoms with E-state index in [4.69, 9.17) is 4.74 Å². The smallest absolute Gasteiger partial charge is 0.170 e. The van der Waals surface area contributed by atoms with Crippen LogP contribution < -0.4 is 9.64 Å². The van der Waals surface area contributed by atoms with E-state index in [1.807, 2.05) is 32.0 Å². The molecule has 96 valence electrons. The first-order chi connectivity index (χ1) is 8.55. The summed E-state index contributed by atoms with van der Waals surface area (Å²) in [4.78, 5) is 14.4. The molecule has 0 N–H and O–H groups in total. The summed E-state index contributed by atoms with van der Waals surface area (Å²) in [7, 11) is 0. The van der Waals surface area contributed by atoms with Crippen molar-refractivity contribution in [2.24, 2.45) is 0 Å². The Labute approximate surface area is 108 Å². The molecule has 18 heavy (non-hydrogen) atoms. The van der Waals surface area contributed by atoms with Gasteiger partial charge < -0.3 is 9.64 Å². The Morgan fingerprint density at radius 1 is 1.22 bits per heavy atom. The molecule has 2 heterocycles. The van der Waals surface area contributed by atoms with Crippen LogP contribution in [0.25, 0.3) is 0 Å². The summed E-state index contributed by atoms with van der Waals surface area (Å²) in [5.41, 5.74) is 1.53. The van der Waals surface area contributed by atoms with Gasteiger partial charge >= 0.3 is 0 Å². The molecule has 2 aliphatic rings. The number of benzene rings is 1. The van der Waals surface area contributed by atoms with E-state index < -0.39 is 0 Å². The molecular formula is C15H19NO2. The molecule has 3 rings (SSSR count). The molecular weight excluding hydrogens is 226 g/mol. The van der Waals surface area contributed by atoms with Crippen molar-refractivity contribution in [2.75, 3.05) is 18.0 Å². The highest BCUT2D eigenvalue weighted by Gasteiger charge is 2.32. The molecule has 0 unspecified atom stereocenters. The van der Waals surface area contributed by atoms with E-state index in [2.05, 4.69) is 4.90 Å². The first-order valence-electron chi connectivity index (χ1n) is 6.66. The van der Waals surface area contributed by atoms with E-state index in [0.717, 1.165) is 24.4 Å². The lowest BCUT2D eigenvalue weighted by Crippen LogP contribution is -2.36. The molecule has 0 bridgehead atoms. The van der Waals surface area contributed by atoms with Crippen LogP contribution in [0.1, 0.15) is 43.5 Å². The van der Waals surface area contributed by atoms with Crippen molar-refractivity contribution in [3.63, 3.8) is 0 Å². The molecule has 1 aromatic rings. The third-order valence-electron chi connectivity index (χ3n) is 3.71. The number of fused-ring (bicyclic) bond motifs is 1. The summed E-state index contributed by atoms with van der Waals surface area (Å²) in [6, 6.07) is 5.99. The minimum Gasteiger partial charge on any atom is -0.487 e. The van der Waals surface area contributed by atoms with Gasteiger partial charge in [0.2, 0.25) is 0 Å². The Bertz CT molecular complexity index is 487. The molecule has 2 aliphatic heterocycles. The number of rotatable bonds is 1. The van der Waals surface area contributed by atoms with Crippen LogP contribution in [0.4, 0.5) is 5.69 Å². The first-order valence-corrected chi connectivity index (χ1v) is 6.66. The molecule has 0 radical (unpaired) electrons. The fourth-order valence-electron chi connectivity index (χ4n) is 2.81. The second kappa shape index (κ2) is 4.01. The van der Waals surface area contributed by atoms with Crippen molar-refractivity contribution < 1.29 is 9.53 Å². The predicted octanol–water partition coefficient (Wildman–Crippen LogP) is 3.03. The normalized spacial score (nSPS) is 21.7. The number of hydrogen-bond acceptors (Lipinski definition) is 3. The van der Waals surface area contributed by atoms with Gasteiger partial charge in [-0.3, -0.25) is 4.79 Å². The largest absolute Gasteiger partial charge is 0.487 e. The minimum absolute atomic E-state index is 0.189. The lowest BCUT2D eigenvalue weighted by Gasteiger charge is -2.32. The lowest BCUT2D eigenvalue weighted by molar-refractivity contribution is 0.0620. The van der Waals surface area contributed by atoms with E-state index in [1.54, 1.807) is 0 Å². The summed E-state index contributed by atoms with van der Waals surface area (Å²) < 4.78 is 5.94. The fourth-order valence-corrected chi connectivity index (χ4v) is 2.81. The van der Waals surface area contributed by atoms with Gasteiger partial charge in [-0.1, -0.05) is 0 Å². The second-order valence-corrected chi connectivity index (χ2v) is 5.84. The molecule has 0 saturated carbocycles. The molecule has 0 aliphatic carbocycles. The summed E-state index contributed by atoms with van der Waals surface area (Å²) in [6.45, 7) is 6.15. The van der Waals surface area contributed by atoms with Gasteiger partial charge in [0.05, 0.1) is 12.0 Å². The van der Waals surface area contributed by atoms with Crippen molar-refractivity contribution in [3.05, 3.63) is 23.8 Å². The topological polar surface area (TPSA) is 29.5 Å². The fraction of sp³-hybridized carbons (Fsp3) is 0.533. The zero-order valence-corrected chi connectivity index (χ0v) is 11.0. The summed E-state index contributed by atoms with van der Waals surface area (Å²) in [5.74, 6) is 0.940. The van der Waals surface area contributed by atoms with Crippen molar-refractivity contribution in [1.82, 2.24) is 0 Å². The first kappa shape index (κ1) is 11.6. The quantitative estimate of drug-likeness (QED) is 0.761. The standard InChI is InChI=1S/C15H19NO2/c1-15(2)10-13(17)12-6-5-11(9-14(12)18-15)16-7-3-4-8-16/h5-6,9H,3-4,7-8,10H2,1-2H3. The Kier molecular flexibility index (Phi) is 2.58. The number of Topliss-reactive ketones (excluding diaryl/α,β-unsaturated/α-hetero) is 1. The van der Waals surface area contributed by atoms with Gasteiger partial charge in [-0.25, -0.2) is 0 Å². The molecule has 0 atom stereocenters. The number of ether oxygens (including phenoxy) is 1. The Morgan fingerprint density at radius 2 is 1.94 bits per heavy atom. The van der Waals surface area contributed by atoms with Crippen LogP contribution >= 0.6 is 0 Å². The maximum absolute atomic E-state index is 12.0. The van der Waals surface area contributed by atoms with Crippen molar-refractivity contribution in [1.29, 1.82) is 0 Å². The van der Waals surface area contributed by atoms with Crippen molar-refractivity contribution in [2.45, 2.75) is 38.7 Å². The van der Waals surface area contributed by atoms with Crippen LogP contribution in [-0.4, -0.2) is 24.5 Å².